The first kappa shape index (κ1) is 11.5. The van der Waals surface area contributed by atoms with Crippen LogP contribution in [0.25, 0.3) is 11.3 Å². The smallest absolute Gasteiger partial charge is 0.182 e. The normalized spacial score (nSPS) is 13.0. The number of nitrogens with zero attached hydrogens (tertiary/aromatic N) is 1. The molecule has 1 aliphatic rings. The van der Waals surface area contributed by atoms with E-state index in [-0.39, 0.29) is 0 Å². The summed E-state index contributed by atoms with van der Waals surface area (Å²) in [6.07, 6.45) is 2.09. The van der Waals surface area contributed by atoms with E-state index in [1.807, 2.05) is 6.07 Å². The summed E-state index contributed by atoms with van der Waals surface area (Å²) in [7, 11) is 1.70. The van der Waals surface area contributed by atoms with Gasteiger partial charge in [-0.15, -0.1) is 11.3 Å². The Morgan fingerprint density at radius 1 is 1.39 bits per heavy atom. The first-order valence-corrected chi connectivity index (χ1v) is 7.00. The number of ether oxygens (including phenoxy) is 1. The largest absolute Gasteiger partial charge is 0.497 e. The van der Waals surface area contributed by atoms with Gasteiger partial charge in [-0.05, 0) is 43.5 Å². The Kier molecular flexibility index (Phi) is 2.74. The van der Waals surface area contributed by atoms with Gasteiger partial charge in [0, 0.05) is 17.0 Å². The SMILES string of the molecule is CCn1c2c(sc1=N)CCc1cc(OC)ccc1-2. The van der Waals surface area contributed by atoms with E-state index < -0.39 is 0 Å². The average Bonchev–Trinajstić information content (AvgIpc) is 2.73. The van der Waals surface area contributed by atoms with Crippen molar-refractivity contribution in [3.8, 4) is 17.0 Å². The van der Waals surface area contributed by atoms with Crippen LogP contribution in [0.5, 0.6) is 5.75 Å². The number of benzene rings is 1. The molecule has 0 bridgehead atoms. The maximum Gasteiger partial charge on any atom is 0.182 e. The Hall–Kier alpha value is -1.55. The standard InChI is InChI=1S/C14H16N2OS/c1-3-16-13-11-6-5-10(17-2)8-9(11)4-7-12(13)18-14(16)15/h5-6,8,15H,3-4,7H2,1-2H3. The quantitative estimate of drug-likeness (QED) is 0.886. The summed E-state index contributed by atoms with van der Waals surface area (Å²) < 4.78 is 7.39. The number of hydrogen-bond donors (Lipinski definition) is 1. The highest BCUT2D eigenvalue weighted by Crippen LogP contribution is 2.36. The molecule has 0 radical (unpaired) electrons. The van der Waals surface area contributed by atoms with Crippen molar-refractivity contribution in [1.82, 2.24) is 4.57 Å². The van der Waals surface area contributed by atoms with Crippen molar-refractivity contribution in [2.75, 3.05) is 7.11 Å². The minimum Gasteiger partial charge on any atom is -0.497 e. The Bertz CT molecular complexity index is 654. The van der Waals surface area contributed by atoms with Gasteiger partial charge in [0.1, 0.15) is 5.75 Å². The molecule has 0 spiro atoms. The van der Waals surface area contributed by atoms with Gasteiger partial charge < -0.3 is 9.30 Å². The lowest BCUT2D eigenvalue weighted by molar-refractivity contribution is 0.414. The zero-order chi connectivity index (χ0) is 12.7. The lowest BCUT2D eigenvalue weighted by Crippen LogP contribution is -2.14. The van der Waals surface area contributed by atoms with Crippen molar-refractivity contribution in [1.29, 1.82) is 5.41 Å². The zero-order valence-corrected chi connectivity index (χ0v) is 11.4. The van der Waals surface area contributed by atoms with Crippen molar-refractivity contribution in [2.45, 2.75) is 26.3 Å². The van der Waals surface area contributed by atoms with Gasteiger partial charge in [-0.25, -0.2) is 0 Å². The molecule has 18 heavy (non-hydrogen) atoms. The summed E-state index contributed by atoms with van der Waals surface area (Å²) in [6, 6.07) is 6.26. The number of aromatic nitrogens is 1. The summed E-state index contributed by atoms with van der Waals surface area (Å²) in [4.78, 5) is 2.01. The van der Waals surface area contributed by atoms with Crippen LogP contribution >= 0.6 is 11.3 Å². The van der Waals surface area contributed by atoms with Crippen LogP contribution in [0.3, 0.4) is 0 Å². The van der Waals surface area contributed by atoms with Crippen LogP contribution in [0.4, 0.5) is 0 Å². The predicted molar refractivity (Wildman–Crippen MR) is 73.2 cm³/mol. The molecule has 1 heterocycles. The highest BCUT2D eigenvalue weighted by molar-refractivity contribution is 7.09. The first-order chi connectivity index (χ1) is 8.74. The summed E-state index contributed by atoms with van der Waals surface area (Å²) in [5, 5.41) is 8.04. The Balaban J connectivity index is 2.24. The lowest BCUT2D eigenvalue weighted by atomic mass is 9.93. The van der Waals surface area contributed by atoms with E-state index in [1.165, 1.54) is 21.7 Å². The van der Waals surface area contributed by atoms with E-state index in [1.54, 1.807) is 18.4 Å². The molecule has 0 fully saturated rings. The Morgan fingerprint density at radius 3 is 2.94 bits per heavy atom. The van der Waals surface area contributed by atoms with Crippen molar-refractivity contribution in [2.24, 2.45) is 0 Å². The topological polar surface area (TPSA) is 38.0 Å². The van der Waals surface area contributed by atoms with Crippen LogP contribution in [-0.4, -0.2) is 11.7 Å². The molecule has 0 saturated heterocycles. The third-order valence-corrected chi connectivity index (χ3v) is 4.56. The molecule has 1 aromatic heterocycles. The number of thiazole rings is 1. The van der Waals surface area contributed by atoms with Gasteiger partial charge in [0.2, 0.25) is 0 Å². The van der Waals surface area contributed by atoms with Crippen LogP contribution in [0, 0.1) is 5.41 Å². The Labute approximate surface area is 110 Å². The second kappa shape index (κ2) is 4.28. The van der Waals surface area contributed by atoms with Gasteiger partial charge in [0.05, 0.1) is 12.8 Å². The van der Waals surface area contributed by atoms with Gasteiger partial charge in [0.25, 0.3) is 0 Å². The van der Waals surface area contributed by atoms with E-state index >= 15 is 0 Å². The third kappa shape index (κ3) is 1.60. The van der Waals surface area contributed by atoms with Crippen LogP contribution < -0.4 is 9.54 Å². The monoisotopic (exact) mass is 260 g/mol. The molecule has 0 saturated carbocycles. The summed E-state index contributed by atoms with van der Waals surface area (Å²) >= 11 is 1.61. The zero-order valence-electron chi connectivity index (χ0n) is 10.6. The maximum absolute atomic E-state index is 8.04. The van der Waals surface area contributed by atoms with Gasteiger partial charge in [-0.3, -0.25) is 5.41 Å². The molecular weight excluding hydrogens is 244 g/mol. The highest BCUT2D eigenvalue weighted by Gasteiger charge is 2.21. The number of rotatable bonds is 2. The van der Waals surface area contributed by atoms with E-state index in [2.05, 4.69) is 23.6 Å². The summed E-state index contributed by atoms with van der Waals surface area (Å²) in [5.41, 5.74) is 3.85. The molecule has 0 amide bonds. The fraction of sp³-hybridized carbons (Fsp3) is 0.357. The Morgan fingerprint density at radius 2 is 2.22 bits per heavy atom. The minimum atomic E-state index is 0.658. The number of methoxy groups -OCH3 is 1. The third-order valence-electron chi connectivity index (χ3n) is 3.50. The van der Waals surface area contributed by atoms with Gasteiger partial charge in [0.15, 0.2) is 4.80 Å². The second-order valence-electron chi connectivity index (χ2n) is 4.45. The van der Waals surface area contributed by atoms with E-state index in [0.29, 0.717) is 4.80 Å². The molecule has 94 valence electrons. The number of nitrogens with one attached hydrogen (secondary N) is 1. The maximum atomic E-state index is 8.04. The molecule has 4 heteroatoms. The average molecular weight is 260 g/mol. The fourth-order valence-electron chi connectivity index (χ4n) is 2.62. The van der Waals surface area contributed by atoms with Gasteiger partial charge in [-0.1, -0.05) is 0 Å². The molecule has 3 rings (SSSR count). The molecule has 3 nitrogen and oxygen atoms in total. The van der Waals surface area contributed by atoms with Crippen molar-refractivity contribution in [3.63, 3.8) is 0 Å². The number of fused-ring (bicyclic) bond motifs is 3. The van der Waals surface area contributed by atoms with E-state index in [0.717, 1.165) is 25.1 Å². The molecule has 0 unspecified atom stereocenters. The van der Waals surface area contributed by atoms with Crippen LogP contribution in [0.15, 0.2) is 18.2 Å². The van der Waals surface area contributed by atoms with E-state index in [9.17, 15) is 0 Å². The van der Waals surface area contributed by atoms with Gasteiger partial charge in [-0.2, -0.15) is 0 Å². The molecule has 1 aromatic carbocycles. The predicted octanol–water partition coefficient (Wildman–Crippen LogP) is 2.82. The molecular formula is C14H16N2OS. The number of aryl methyl sites for hydroxylation is 2. The van der Waals surface area contributed by atoms with Crippen molar-refractivity contribution < 1.29 is 4.74 Å². The first-order valence-electron chi connectivity index (χ1n) is 6.19. The molecule has 0 atom stereocenters. The molecule has 1 N–H and O–H groups in total. The molecule has 0 aliphatic heterocycles. The van der Waals surface area contributed by atoms with Crippen molar-refractivity contribution >= 4 is 11.3 Å². The van der Waals surface area contributed by atoms with Crippen LogP contribution in [-0.2, 0) is 19.4 Å². The number of hydrogen-bond acceptors (Lipinski definition) is 3. The second-order valence-corrected chi connectivity index (χ2v) is 5.53. The van der Waals surface area contributed by atoms with Crippen LogP contribution in [0.1, 0.15) is 17.4 Å². The van der Waals surface area contributed by atoms with Crippen molar-refractivity contribution in [3.05, 3.63) is 33.4 Å². The van der Waals surface area contributed by atoms with Crippen LogP contribution in [0.2, 0.25) is 0 Å². The molecule has 1 aliphatic carbocycles. The summed E-state index contributed by atoms with van der Waals surface area (Å²) in [6.45, 7) is 2.96. The minimum absolute atomic E-state index is 0.658. The summed E-state index contributed by atoms with van der Waals surface area (Å²) in [5.74, 6) is 0.918. The highest BCUT2D eigenvalue weighted by atomic mass is 32.1. The lowest BCUT2D eigenvalue weighted by Gasteiger charge is -2.19. The molecule has 2 aromatic rings. The van der Waals surface area contributed by atoms with E-state index in [4.69, 9.17) is 10.1 Å². The van der Waals surface area contributed by atoms with Gasteiger partial charge >= 0.3 is 0 Å². The fourth-order valence-corrected chi connectivity index (χ4v) is 3.71.